The van der Waals surface area contributed by atoms with Gasteiger partial charge in [0.1, 0.15) is 18.3 Å². The summed E-state index contributed by atoms with van der Waals surface area (Å²) in [5.41, 5.74) is 1.16. The quantitative estimate of drug-likeness (QED) is 0.270. The number of benzene rings is 3. The van der Waals surface area contributed by atoms with Crippen LogP contribution in [0.5, 0.6) is 5.75 Å². The van der Waals surface area contributed by atoms with Crippen molar-refractivity contribution < 1.29 is 22.7 Å². The molecule has 0 aliphatic heterocycles. The maximum atomic E-state index is 14.1. The lowest BCUT2D eigenvalue weighted by molar-refractivity contribution is -0.140. The van der Waals surface area contributed by atoms with E-state index in [0.717, 1.165) is 9.87 Å². The topological polar surface area (TPSA) is 96.0 Å². The highest BCUT2D eigenvalue weighted by molar-refractivity contribution is 7.92. The van der Waals surface area contributed by atoms with Crippen molar-refractivity contribution >= 4 is 50.7 Å². The number of ether oxygens (including phenoxy) is 1. The number of rotatable bonds is 11. The number of nitrogens with one attached hydrogen (secondary N) is 1. The summed E-state index contributed by atoms with van der Waals surface area (Å²) in [6.45, 7) is 10.6. The van der Waals surface area contributed by atoms with Gasteiger partial charge in [-0.05, 0) is 95.6 Å². The third-order valence-corrected chi connectivity index (χ3v) is 8.72. The lowest BCUT2D eigenvalue weighted by Crippen LogP contribution is -2.54. The zero-order valence-corrected chi connectivity index (χ0v) is 27.0. The molecule has 0 fully saturated rings. The number of anilines is 1. The zero-order valence-electron chi connectivity index (χ0n) is 24.6. The number of halogens is 2. The van der Waals surface area contributed by atoms with E-state index in [1.54, 1.807) is 61.5 Å². The van der Waals surface area contributed by atoms with Gasteiger partial charge in [0.15, 0.2) is 0 Å². The molecule has 8 nitrogen and oxygen atoms in total. The monoisotopic (exact) mass is 633 g/mol. The number of aryl methyl sites for hydroxylation is 1. The van der Waals surface area contributed by atoms with E-state index in [1.165, 1.54) is 17.0 Å². The normalized spacial score (nSPS) is 12.4. The summed E-state index contributed by atoms with van der Waals surface area (Å²) in [6.07, 6.45) is 0. The molecule has 0 saturated carbocycles. The molecule has 0 aliphatic carbocycles. The number of amides is 2. The molecule has 0 aromatic heterocycles. The Morgan fingerprint density at radius 2 is 1.60 bits per heavy atom. The Bertz CT molecular complexity index is 1510. The van der Waals surface area contributed by atoms with Gasteiger partial charge in [-0.2, -0.15) is 0 Å². The molecule has 3 aromatic rings. The molecule has 3 rings (SSSR count). The van der Waals surface area contributed by atoms with Crippen LogP contribution in [0.2, 0.25) is 10.0 Å². The summed E-state index contributed by atoms with van der Waals surface area (Å²) in [4.78, 5) is 28.7. The Balaban J connectivity index is 2.06. The molecule has 3 aromatic carbocycles. The molecule has 0 bridgehead atoms. The smallest absolute Gasteiger partial charge is 0.264 e. The van der Waals surface area contributed by atoms with Crippen molar-refractivity contribution in [1.82, 2.24) is 10.2 Å². The highest BCUT2D eigenvalue weighted by Gasteiger charge is 2.33. The van der Waals surface area contributed by atoms with Crippen molar-refractivity contribution in [2.75, 3.05) is 17.5 Å². The van der Waals surface area contributed by atoms with Gasteiger partial charge in [0, 0.05) is 22.1 Å². The standard InChI is InChI=1S/C31H37Cl2N3O5S/c1-7-41-26-14-12-25(13-15-26)36(42(39,40)27-16-8-21(2)9-17-27)20-29(37)35(22(3)30(38)34-31(4,5)6)19-23-10-11-24(32)18-28(23)33/h8-18,22H,7,19-20H2,1-6H3,(H,34,38). The fraction of sp³-hybridized carbons (Fsp3) is 0.355. The molecule has 42 heavy (non-hydrogen) atoms. The van der Waals surface area contributed by atoms with E-state index in [2.05, 4.69) is 5.32 Å². The fourth-order valence-corrected chi connectivity index (χ4v) is 6.01. The predicted octanol–water partition coefficient (Wildman–Crippen LogP) is 6.23. The minimum absolute atomic E-state index is 0.0283. The molecule has 1 unspecified atom stereocenters. The van der Waals surface area contributed by atoms with E-state index in [-0.39, 0.29) is 17.1 Å². The third kappa shape index (κ3) is 8.63. The summed E-state index contributed by atoms with van der Waals surface area (Å²) in [5, 5.41) is 3.64. The molecule has 2 amide bonds. The Labute approximate surface area is 258 Å². The van der Waals surface area contributed by atoms with Crippen molar-refractivity contribution in [1.29, 1.82) is 0 Å². The van der Waals surface area contributed by atoms with E-state index in [0.29, 0.717) is 28.0 Å². The lowest BCUT2D eigenvalue weighted by atomic mass is 10.1. The first-order valence-corrected chi connectivity index (χ1v) is 15.7. The van der Waals surface area contributed by atoms with Crippen molar-refractivity contribution in [3.8, 4) is 5.75 Å². The summed E-state index contributed by atoms with van der Waals surface area (Å²) in [5.74, 6) is -0.427. The van der Waals surface area contributed by atoms with E-state index >= 15 is 0 Å². The molecule has 1 atom stereocenters. The second-order valence-electron chi connectivity index (χ2n) is 10.9. The van der Waals surface area contributed by atoms with Crippen LogP contribution < -0.4 is 14.4 Å². The second kappa shape index (κ2) is 13.8. The number of nitrogens with zero attached hydrogens (tertiary/aromatic N) is 2. The summed E-state index contributed by atoms with van der Waals surface area (Å²) in [7, 11) is -4.19. The Kier molecular flexibility index (Phi) is 10.9. The lowest BCUT2D eigenvalue weighted by Gasteiger charge is -2.33. The average molecular weight is 635 g/mol. The van der Waals surface area contributed by atoms with Gasteiger partial charge in [-0.1, -0.05) is 47.0 Å². The molecule has 0 radical (unpaired) electrons. The Hall–Kier alpha value is -3.27. The molecule has 0 aliphatic rings. The van der Waals surface area contributed by atoms with Crippen molar-refractivity contribution in [2.24, 2.45) is 0 Å². The molecule has 226 valence electrons. The first kappa shape index (κ1) is 33.2. The van der Waals surface area contributed by atoms with Gasteiger partial charge in [0.05, 0.1) is 17.2 Å². The van der Waals surface area contributed by atoms with Gasteiger partial charge in [-0.3, -0.25) is 13.9 Å². The van der Waals surface area contributed by atoms with Crippen LogP contribution >= 0.6 is 23.2 Å². The molecule has 0 heterocycles. The van der Waals surface area contributed by atoms with Crippen LogP contribution in [0.15, 0.2) is 71.6 Å². The molecular weight excluding hydrogens is 597 g/mol. The van der Waals surface area contributed by atoms with Gasteiger partial charge in [0.2, 0.25) is 11.8 Å². The molecule has 0 spiro atoms. The van der Waals surface area contributed by atoms with Crippen molar-refractivity contribution in [3.05, 3.63) is 87.9 Å². The van der Waals surface area contributed by atoms with Crippen LogP contribution in [0.1, 0.15) is 45.7 Å². The first-order chi connectivity index (χ1) is 19.6. The third-order valence-electron chi connectivity index (χ3n) is 6.34. The Morgan fingerprint density at radius 1 is 0.976 bits per heavy atom. The largest absolute Gasteiger partial charge is 0.494 e. The van der Waals surface area contributed by atoms with Crippen LogP contribution in [-0.4, -0.2) is 49.9 Å². The van der Waals surface area contributed by atoms with Gasteiger partial charge < -0.3 is 15.0 Å². The van der Waals surface area contributed by atoms with Gasteiger partial charge in [-0.25, -0.2) is 8.42 Å². The number of hydrogen-bond donors (Lipinski definition) is 1. The number of hydrogen-bond acceptors (Lipinski definition) is 5. The molecule has 0 saturated heterocycles. The second-order valence-corrected chi connectivity index (χ2v) is 13.6. The average Bonchev–Trinajstić information content (AvgIpc) is 2.91. The van der Waals surface area contributed by atoms with Crippen LogP contribution in [0.3, 0.4) is 0 Å². The molecular formula is C31H37Cl2N3O5S. The van der Waals surface area contributed by atoms with E-state index < -0.39 is 40.0 Å². The minimum atomic E-state index is -4.19. The SMILES string of the molecule is CCOc1ccc(N(CC(=O)N(Cc2ccc(Cl)cc2Cl)C(C)C(=O)NC(C)(C)C)S(=O)(=O)c2ccc(C)cc2)cc1. The predicted molar refractivity (Wildman–Crippen MR) is 168 cm³/mol. The fourth-order valence-electron chi connectivity index (χ4n) is 4.13. The van der Waals surface area contributed by atoms with Gasteiger partial charge >= 0.3 is 0 Å². The highest BCUT2D eigenvalue weighted by Crippen LogP contribution is 2.28. The summed E-state index contributed by atoms with van der Waals surface area (Å²) in [6, 6.07) is 16.8. The summed E-state index contributed by atoms with van der Waals surface area (Å²) >= 11 is 12.5. The molecule has 1 N–H and O–H groups in total. The number of sulfonamides is 1. The van der Waals surface area contributed by atoms with Crippen LogP contribution in [-0.2, 0) is 26.2 Å². The zero-order chi connectivity index (χ0) is 31.2. The summed E-state index contributed by atoms with van der Waals surface area (Å²) < 4.78 is 34.5. The minimum Gasteiger partial charge on any atom is -0.494 e. The van der Waals surface area contributed by atoms with E-state index in [4.69, 9.17) is 27.9 Å². The van der Waals surface area contributed by atoms with Crippen LogP contribution in [0, 0.1) is 6.92 Å². The number of carbonyl (C=O) groups is 2. The Morgan fingerprint density at radius 3 is 2.14 bits per heavy atom. The van der Waals surface area contributed by atoms with Crippen LogP contribution in [0.4, 0.5) is 5.69 Å². The highest BCUT2D eigenvalue weighted by atomic mass is 35.5. The van der Waals surface area contributed by atoms with Gasteiger partial charge in [-0.15, -0.1) is 0 Å². The maximum absolute atomic E-state index is 14.1. The first-order valence-electron chi connectivity index (χ1n) is 13.5. The van der Waals surface area contributed by atoms with E-state index in [9.17, 15) is 18.0 Å². The number of carbonyl (C=O) groups excluding carboxylic acids is 2. The van der Waals surface area contributed by atoms with E-state index in [1.807, 2.05) is 34.6 Å². The maximum Gasteiger partial charge on any atom is 0.264 e. The van der Waals surface area contributed by atoms with Crippen molar-refractivity contribution in [2.45, 2.75) is 64.6 Å². The van der Waals surface area contributed by atoms with Gasteiger partial charge in [0.25, 0.3) is 10.0 Å². The van der Waals surface area contributed by atoms with Crippen molar-refractivity contribution in [3.63, 3.8) is 0 Å². The molecule has 11 heteroatoms. The van der Waals surface area contributed by atoms with Crippen LogP contribution in [0.25, 0.3) is 0 Å².